The molecule has 5 nitrogen and oxygen atoms in total. The lowest BCUT2D eigenvalue weighted by Gasteiger charge is -1.90. The zero-order valence-electron chi connectivity index (χ0n) is 4.49. The van der Waals surface area contributed by atoms with Crippen molar-refractivity contribution in [2.45, 2.75) is 6.92 Å². The predicted octanol–water partition coefficient (Wildman–Crippen LogP) is -0.745. The number of hydrogen-bond donors (Lipinski definition) is 1. The summed E-state index contributed by atoms with van der Waals surface area (Å²) in [5, 5.41) is 0. The van der Waals surface area contributed by atoms with Crippen LogP contribution in [0.2, 0.25) is 0 Å². The summed E-state index contributed by atoms with van der Waals surface area (Å²) < 4.78 is 21.0. The van der Waals surface area contributed by atoms with Crippen LogP contribution in [0.25, 0.3) is 0 Å². The van der Waals surface area contributed by atoms with E-state index >= 15 is 0 Å². The molecule has 9 heavy (non-hydrogen) atoms. The predicted molar refractivity (Wildman–Crippen MR) is 27.5 cm³/mol. The van der Waals surface area contributed by atoms with Crippen LogP contribution >= 0.6 is 0 Å². The van der Waals surface area contributed by atoms with Crippen molar-refractivity contribution in [1.29, 1.82) is 0 Å². The Labute approximate surface area is 53.5 Å². The first-order chi connectivity index (χ1) is 4.04. The molecular formula is C3H4O5S. The highest BCUT2D eigenvalue weighted by Gasteiger charge is 2.11. The van der Waals surface area contributed by atoms with Crippen LogP contribution < -0.4 is 0 Å². The first-order valence-corrected chi connectivity index (χ1v) is 2.91. The molecular weight excluding hydrogens is 148 g/mol. The number of carbonyl (C=O) groups is 2. The summed E-state index contributed by atoms with van der Waals surface area (Å²) in [6.45, 7) is 0.940. The lowest BCUT2D eigenvalue weighted by Crippen LogP contribution is -2.14. The zero-order valence-corrected chi connectivity index (χ0v) is 5.30. The minimum absolute atomic E-state index is 0.905. The van der Waals surface area contributed by atoms with Gasteiger partial charge in [0.1, 0.15) is 0 Å². The van der Waals surface area contributed by atoms with E-state index in [9.17, 15) is 13.8 Å². The van der Waals surface area contributed by atoms with E-state index in [1.165, 1.54) is 0 Å². The van der Waals surface area contributed by atoms with E-state index < -0.39 is 23.1 Å². The molecule has 1 unspecified atom stereocenters. The molecule has 0 radical (unpaired) electrons. The molecule has 6 heteroatoms. The fourth-order valence-electron chi connectivity index (χ4n) is 0.123. The third kappa shape index (κ3) is 3.80. The van der Waals surface area contributed by atoms with Gasteiger partial charge in [0.15, 0.2) is 0 Å². The first kappa shape index (κ1) is 8.25. The maximum atomic E-state index is 10.0. The van der Waals surface area contributed by atoms with Crippen LogP contribution in [0.3, 0.4) is 0 Å². The van der Waals surface area contributed by atoms with Gasteiger partial charge in [0.05, 0.1) is 0 Å². The van der Waals surface area contributed by atoms with Crippen LogP contribution in [0.15, 0.2) is 0 Å². The molecule has 0 aliphatic heterocycles. The number of ketones is 1. The summed E-state index contributed by atoms with van der Waals surface area (Å²) in [5.41, 5.74) is 0. The van der Waals surface area contributed by atoms with Crippen LogP contribution in [0.1, 0.15) is 6.92 Å². The molecule has 0 saturated heterocycles. The highest BCUT2D eigenvalue weighted by Crippen LogP contribution is 1.82. The van der Waals surface area contributed by atoms with Gasteiger partial charge in [0.2, 0.25) is 5.78 Å². The average Bonchev–Trinajstić information content (AvgIpc) is 1.63. The fourth-order valence-corrected chi connectivity index (χ4v) is 0.370. The Hall–Kier alpha value is -0.750. The van der Waals surface area contributed by atoms with Gasteiger partial charge in [-0.25, -0.2) is 4.79 Å². The molecule has 0 aromatic heterocycles. The van der Waals surface area contributed by atoms with Crippen LogP contribution in [0, 0.1) is 0 Å². The smallest absolute Gasteiger partial charge is 0.337 e. The zero-order chi connectivity index (χ0) is 7.44. The van der Waals surface area contributed by atoms with Crippen LogP contribution in [0.5, 0.6) is 0 Å². The summed E-state index contributed by atoms with van der Waals surface area (Å²) in [7, 11) is 0. The second kappa shape index (κ2) is 3.31. The summed E-state index contributed by atoms with van der Waals surface area (Å²) in [6.07, 6.45) is 0. The van der Waals surface area contributed by atoms with Crippen molar-refractivity contribution in [3.63, 3.8) is 0 Å². The Bertz CT molecular complexity index is 162. The molecule has 0 spiro atoms. The topological polar surface area (TPSA) is 80.7 Å². The van der Waals surface area contributed by atoms with Gasteiger partial charge in [0.25, 0.3) is 0 Å². The van der Waals surface area contributed by atoms with Crippen LogP contribution in [0.4, 0.5) is 0 Å². The summed E-state index contributed by atoms with van der Waals surface area (Å²) in [6, 6.07) is 0. The molecule has 0 aromatic rings. The number of rotatable bonds is 2. The molecule has 1 atom stereocenters. The highest BCUT2D eigenvalue weighted by molar-refractivity contribution is 7.74. The first-order valence-electron chi connectivity index (χ1n) is 1.88. The molecule has 0 amide bonds. The molecule has 0 bridgehead atoms. The van der Waals surface area contributed by atoms with E-state index in [1.54, 1.807) is 0 Å². The molecule has 0 aromatic carbocycles. The fraction of sp³-hybridized carbons (Fsp3) is 0.333. The minimum atomic E-state index is -2.69. The quantitative estimate of drug-likeness (QED) is 0.416. The standard InChI is InChI=1S/C3H4O5S/c1-2(4)3(5)8-9(6)7/h1H3,(H,6,7). The van der Waals surface area contributed by atoms with Gasteiger partial charge in [-0.3, -0.25) is 9.35 Å². The Balaban J connectivity index is 3.79. The SMILES string of the molecule is CC(=O)C(=O)OS(=O)O. The highest BCUT2D eigenvalue weighted by atomic mass is 32.2. The van der Waals surface area contributed by atoms with Gasteiger partial charge in [-0.05, 0) is 0 Å². The Morgan fingerprint density at radius 3 is 2.11 bits per heavy atom. The normalized spacial score (nSPS) is 12.2. The molecule has 1 N–H and O–H groups in total. The summed E-state index contributed by atoms with van der Waals surface area (Å²) in [4.78, 5) is 20.0. The van der Waals surface area contributed by atoms with Crippen molar-refractivity contribution >= 4 is 23.1 Å². The lowest BCUT2D eigenvalue weighted by atomic mass is 10.5. The molecule has 0 rings (SSSR count). The van der Waals surface area contributed by atoms with E-state index in [1.807, 2.05) is 0 Å². The van der Waals surface area contributed by atoms with Crippen molar-refractivity contribution in [1.82, 2.24) is 0 Å². The number of carbonyl (C=O) groups excluding carboxylic acids is 2. The van der Waals surface area contributed by atoms with Gasteiger partial charge in [-0.1, -0.05) is 0 Å². The van der Waals surface area contributed by atoms with Crippen molar-refractivity contribution in [2.75, 3.05) is 0 Å². The van der Waals surface area contributed by atoms with Crippen molar-refractivity contribution in [3.8, 4) is 0 Å². The largest absolute Gasteiger partial charge is 0.389 e. The van der Waals surface area contributed by atoms with Crippen molar-refractivity contribution in [2.24, 2.45) is 0 Å². The van der Waals surface area contributed by atoms with E-state index in [0.29, 0.717) is 0 Å². The molecule has 52 valence electrons. The van der Waals surface area contributed by atoms with Crippen molar-refractivity contribution < 1.29 is 22.5 Å². The molecule has 0 fully saturated rings. The van der Waals surface area contributed by atoms with Gasteiger partial charge < -0.3 is 4.18 Å². The second-order valence-corrected chi connectivity index (χ2v) is 1.74. The minimum Gasteiger partial charge on any atom is -0.337 e. The lowest BCUT2D eigenvalue weighted by molar-refractivity contribution is -0.145. The van der Waals surface area contributed by atoms with Gasteiger partial charge in [-0.2, -0.15) is 4.21 Å². The molecule has 0 aliphatic rings. The van der Waals surface area contributed by atoms with E-state index in [2.05, 4.69) is 4.18 Å². The van der Waals surface area contributed by atoms with Gasteiger partial charge >= 0.3 is 17.3 Å². The maximum absolute atomic E-state index is 10.0. The van der Waals surface area contributed by atoms with E-state index in [0.717, 1.165) is 6.92 Å². The second-order valence-electron chi connectivity index (χ2n) is 1.14. The monoisotopic (exact) mass is 152 g/mol. The van der Waals surface area contributed by atoms with Gasteiger partial charge in [0, 0.05) is 6.92 Å². The third-order valence-corrected chi connectivity index (χ3v) is 0.728. The van der Waals surface area contributed by atoms with Crippen LogP contribution in [-0.4, -0.2) is 20.5 Å². The number of Topliss-reactive ketones (excluding diaryl/α,β-unsaturated/α-hetero) is 1. The Morgan fingerprint density at radius 2 is 2.00 bits per heavy atom. The van der Waals surface area contributed by atoms with Crippen molar-refractivity contribution in [3.05, 3.63) is 0 Å². The maximum Gasteiger partial charge on any atom is 0.389 e. The third-order valence-electron chi connectivity index (χ3n) is 0.434. The number of hydrogen-bond acceptors (Lipinski definition) is 4. The van der Waals surface area contributed by atoms with E-state index in [-0.39, 0.29) is 0 Å². The Kier molecular flexibility index (Phi) is 3.03. The van der Waals surface area contributed by atoms with Crippen LogP contribution in [-0.2, 0) is 25.1 Å². The van der Waals surface area contributed by atoms with E-state index in [4.69, 9.17) is 4.55 Å². The summed E-state index contributed by atoms with van der Waals surface area (Å²) >= 11 is -2.69. The summed E-state index contributed by atoms with van der Waals surface area (Å²) in [5.74, 6) is -2.21. The van der Waals surface area contributed by atoms with Gasteiger partial charge in [-0.15, -0.1) is 0 Å². The molecule has 0 saturated carbocycles. The Morgan fingerprint density at radius 1 is 1.56 bits per heavy atom. The average molecular weight is 152 g/mol. The molecule has 0 aliphatic carbocycles. The molecule has 0 heterocycles.